The molecule has 0 aromatic heterocycles. The Balaban J connectivity index is 4.07. The van der Waals surface area contributed by atoms with Gasteiger partial charge in [-0.3, -0.25) is 9.59 Å². The number of carbonyl (C=O) groups excluding carboxylic acids is 1. The lowest BCUT2D eigenvalue weighted by Gasteiger charge is -2.26. The Morgan fingerprint density at radius 2 is 1.94 bits per heavy atom. The predicted octanol–water partition coefficient (Wildman–Crippen LogP) is 1.89. The molecule has 0 spiro atoms. The van der Waals surface area contributed by atoms with Gasteiger partial charge in [0.2, 0.25) is 5.91 Å². The molecule has 0 aromatic rings. The highest BCUT2D eigenvalue weighted by Gasteiger charge is 2.17. The first-order valence-electron chi connectivity index (χ1n) is 5.93. The summed E-state index contributed by atoms with van der Waals surface area (Å²) in [6.07, 6.45) is 7.85. The third-order valence-electron chi connectivity index (χ3n) is 2.47. The van der Waals surface area contributed by atoms with Gasteiger partial charge in [0.05, 0.1) is 6.42 Å². The van der Waals surface area contributed by atoms with E-state index in [9.17, 15) is 9.59 Å². The van der Waals surface area contributed by atoms with Gasteiger partial charge in [-0.15, -0.1) is 12.3 Å². The molecule has 4 heteroatoms. The number of amides is 1. The van der Waals surface area contributed by atoms with Crippen molar-refractivity contribution < 1.29 is 14.7 Å². The average Bonchev–Trinajstić information content (AvgIpc) is 2.23. The number of unbranched alkanes of at least 4 members (excludes halogenated alkanes) is 2. The second kappa shape index (κ2) is 8.63. The molecule has 0 radical (unpaired) electrons. The van der Waals surface area contributed by atoms with Crippen LogP contribution in [0.2, 0.25) is 0 Å². The first-order valence-corrected chi connectivity index (χ1v) is 5.93. The third kappa shape index (κ3) is 7.40. The summed E-state index contributed by atoms with van der Waals surface area (Å²) in [5.41, 5.74) is 0. The standard InChI is InChI=1S/C13H21NO3/c1-4-5-6-7-8-12(15)14(11(2)3)10-9-13(16)17/h1,11H,5-10H2,2-3H3,(H,16,17). The first-order chi connectivity index (χ1) is 7.99. The van der Waals surface area contributed by atoms with Crippen molar-refractivity contribution in [1.82, 2.24) is 4.90 Å². The highest BCUT2D eigenvalue weighted by Crippen LogP contribution is 2.07. The van der Waals surface area contributed by atoms with Gasteiger partial charge in [-0.05, 0) is 26.7 Å². The van der Waals surface area contributed by atoms with Crippen molar-refractivity contribution in [2.75, 3.05) is 6.54 Å². The SMILES string of the molecule is C#CCCCCC(=O)N(CCC(=O)O)C(C)C. The van der Waals surface area contributed by atoms with Gasteiger partial charge in [0.15, 0.2) is 0 Å². The van der Waals surface area contributed by atoms with Crippen LogP contribution in [-0.4, -0.2) is 34.5 Å². The summed E-state index contributed by atoms with van der Waals surface area (Å²) in [6.45, 7) is 4.06. The van der Waals surface area contributed by atoms with Gasteiger partial charge >= 0.3 is 5.97 Å². The largest absolute Gasteiger partial charge is 0.481 e. The highest BCUT2D eigenvalue weighted by atomic mass is 16.4. The molecule has 0 aliphatic heterocycles. The minimum absolute atomic E-state index is 0.00568. The maximum atomic E-state index is 11.8. The van der Waals surface area contributed by atoms with Crippen LogP contribution in [0.4, 0.5) is 0 Å². The lowest BCUT2D eigenvalue weighted by atomic mass is 10.1. The predicted molar refractivity (Wildman–Crippen MR) is 66.4 cm³/mol. The Kier molecular flexibility index (Phi) is 7.87. The van der Waals surface area contributed by atoms with Gasteiger partial charge in [-0.2, -0.15) is 0 Å². The average molecular weight is 239 g/mol. The molecule has 1 N–H and O–H groups in total. The van der Waals surface area contributed by atoms with Crippen LogP contribution in [0.25, 0.3) is 0 Å². The van der Waals surface area contributed by atoms with Crippen LogP contribution < -0.4 is 0 Å². The Morgan fingerprint density at radius 1 is 1.29 bits per heavy atom. The molecular formula is C13H21NO3. The topological polar surface area (TPSA) is 57.6 Å². The Morgan fingerprint density at radius 3 is 2.41 bits per heavy atom. The van der Waals surface area contributed by atoms with Crippen molar-refractivity contribution in [3.8, 4) is 12.3 Å². The number of nitrogens with zero attached hydrogens (tertiary/aromatic N) is 1. The van der Waals surface area contributed by atoms with E-state index in [4.69, 9.17) is 11.5 Å². The summed E-state index contributed by atoms with van der Waals surface area (Å²) >= 11 is 0. The van der Waals surface area contributed by atoms with Crippen molar-refractivity contribution in [3.05, 3.63) is 0 Å². The van der Waals surface area contributed by atoms with E-state index in [-0.39, 0.29) is 24.9 Å². The van der Waals surface area contributed by atoms with Crippen molar-refractivity contribution >= 4 is 11.9 Å². The van der Waals surface area contributed by atoms with E-state index < -0.39 is 5.97 Å². The number of hydrogen-bond acceptors (Lipinski definition) is 2. The molecule has 0 bridgehead atoms. The maximum absolute atomic E-state index is 11.8. The normalized spacial score (nSPS) is 10.0. The second-order valence-electron chi connectivity index (χ2n) is 4.24. The Labute approximate surface area is 103 Å². The van der Waals surface area contributed by atoms with Crippen LogP contribution in [0.15, 0.2) is 0 Å². The molecule has 0 saturated carbocycles. The molecule has 17 heavy (non-hydrogen) atoms. The van der Waals surface area contributed by atoms with Crippen LogP contribution in [0, 0.1) is 12.3 Å². The van der Waals surface area contributed by atoms with Crippen LogP contribution in [0.3, 0.4) is 0 Å². The van der Waals surface area contributed by atoms with Crippen LogP contribution in [-0.2, 0) is 9.59 Å². The first kappa shape index (κ1) is 15.5. The van der Waals surface area contributed by atoms with Gasteiger partial charge in [-0.25, -0.2) is 0 Å². The molecule has 4 nitrogen and oxygen atoms in total. The zero-order valence-corrected chi connectivity index (χ0v) is 10.6. The van der Waals surface area contributed by atoms with E-state index in [2.05, 4.69) is 5.92 Å². The van der Waals surface area contributed by atoms with Crippen LogP contribution in [0.1, 0.15) is 46.0 Å². The van der Waals surface area contributed by atoms with Gasteiger partial charge in [0.25, 0.3) is 0 Å². The molecule has 0 rings (SSSR count). The number of rotatable bonds is 8. The Bertz CT molecular complexity index is 292. The number of carbonyl (C=O) groups is 2. The fraction of sp³-hybridized carbons (Fsp3) is 0.692. The second-order valence-corrected chi connectivity index (χ2v) is 4.24. The van der Waals surface area contributed by atoms with Crippen LogP contribution >= 0.6 is 0 Å². The summed E-state index contributed by atoms with van der Waals surface area (Å²) in [6, 6.07) is 0.0366. The minimum atomic E-state index is -0.879. The van der Waals surface area contributed by atoms with Crippen LogP contribution in [0.5, 0.6) is 0 Å². The quantitative estimate of drug-likeness (QED) is 0.520. The molecule has 0 heterocycles. The number of carboxylic acids is 1. The molecule has 0 atom stereocenters. The highest BCUT2D eigenvalue weighted by molar-refractivity contribution is 5.77. The van der Waals surface area contributed by atoms with Gasteiger partial charge in [0.1, 0.15) is 0 Å². The Hall–Kier alpha value is -1.50. The van der Waals surface area contributed by atoms with E-state index in [1.54, 1.807) is 4.90 Å². The molecule has 1 amide bonds. The molecule has 0 fully saturated rings. The lowest BCUT2D eigenvalue weighted by molar-refractivity contribution is -0.139. The molecule has 0 saturated heterocycles. The summed E-state index contributed by atoms with van der Waals surface area (Å²) in [4.78, 5) is 23.9. The molecule has 0 unspecified atom stereocenters. The maximum Gasteiger partial charge on any atom is 0.305 e. The van der Waals surface area contributed by atoms with Crippen molar-refractivity contribution in [2.45, 2.75) is 52.0 Å². The molecular weight excluding hydrogens is 218 g/mol. The zero-order valence-electron chi connectivity index (χ0n) is 10.6. The van der Waals surface area contributed by atoms with Crippen molar-refractivity contribution in [1.29, 1.82) is 0 Å². The summed E-state index contributed by atoms with van der Waals surface area (Å²) < 4.78 is 0. The molecule has 0 aromatic carbocycles. The monoisotopic (exact) mass is 239 g/mol. The van der Waals surface area contributed by atoms with E-state index in [1.165, 1.54) is 0 Å². The van der Waals surface area contributed by atoms with E-state index in [0.29, 0.717) is 12.8 Å². The summed E-state index contributed by atoms with van der Waals surface area (Å²) in [5.74, 6) is 1.66. The van der Waals surface area contributed by atoms with Crippen molar-refractivity contribution in [2.24, 2.45) is 0 Å². The number of aliphatic carboxylic acids is 1. The minimum Gasteiger partial charge on any atom is -0.481 e. The van der Waals surface area contributed by atoms with Gasteiger partial charge in [0, 0.05) is 25.4 Å². The summed E-state index contributed by atoms with van der Waals surface area (Å²) in [5, 5.41) is 8.61. The smallest absolute Gasteiger partial charge is 0.305 e. The van der Waals surface area contributed by atoms with Gasteiger partial charge < -0.3 is 10.0 Å². The fourth-order valence-electron chi connectivity index (χ4n) is 1.53. The number of terminal acetylenes is 1. The van der Waals surface area contributed by atoms with E-state index >= 15 is 0 Å². The summed E-state index contributed by atoms with van der Waals surface area (Å²) in [7, 11) is 0. The molecule has 0 aliphatic carbocycles. The van der Waals surface area contributed by atoms with E-state index in [1.807, 2.05) is 13.8 Å². The number of carboxylic acid groups (broad SMARTS) is 1. The van der Waals surface area contributed by atoms with E-state index in [0.717, 1.165) is 12.8 Å². The lowest BCUT2D eigenvalue weighted by Crippen LogP contribution is -2.38. The van der Waals surface area contributed by atoms with Gasteiger partial charge in [-0.1, -0.05) is 0 Å². The molecule has 96 valence electrons. The number of hydrogen-bond donors (Lipinski definition) is 1. The van der Waals surface area contributed by atoms with Crippen molar-refractivity contribution in [3.63, 3.8) is 0 Å². The third-order valence-corrected chi connectivity index (χ3v) is 2.47. The molecule has 0 aliphatic rings. The fourth-order valence-corrected chi connectivity index (χ4v) is 1.53. The zero-order chi connectivity index (χ0) is 13.3.